The maximum absolute atomic E-state index is 12.5. The fraction of sp³-hybridized carbons (Fsp3) is 0.583. The summed E-state index contributed by atoms with van der Waals surface area (Å²) in [4.78, 5) is 29.4. The van der Waals surface area contributed by atoms with Gasteiger partial charge in [-0.05, 0) is 12.8 Å². The second-order valence-electron chi connectivity index (χ2n) is 4.92. The maximum Gasteiger partial charge on any atom is 0.270 e. The molecule has 106 valence electrons. The summed E-state index contributed by atoms with van der Waals surface area (Å²) < 4.78 is 4.98. The number of likely N-dealkylation sites (tertiary alicyclic amines) is 1. The Kier molecular flexibility index (Phi) is 3.21. The third-order valence-corrected chi connectivity index (χ3v) is 3.51. The van der Waals surface area contributed by atoms with Gasteiger partial charge in [0.1, 0.15) is 5.71 Å². The summed E-state index contributed by atoms with van der Waals surface area (Å²) in [6, 6.07) is -0.166. The summed E-state index contributed by atoms with van der Waals surface area (Å²) in [7, 11) is 0. The van der Waals surface area contributed by atoms with Gasteiger partial charge < -0.3 is 9.42 Å². The minimum absolute atomic E-state index is 0.157. The van der Waals surface area contributed by atoms with Gasteiger partial charge in [-0.25, -0.2) is 5.43 Å². The smallest absolute Gasteiger partial charge is 0.270 e. The molecule has 1 aromatic heterocycles. The van der Waals surface area contributed by atoms with Crippen LogP contribution in [0.15, 0.2) is 9.62 Å². The lowest BCUT2D eigenvalue weighted by molar-refractivity contribution is -0.125. The van der Waals surface area contributed by atoms with Crippen LogP contribution in [0.5, 0.6) is 0 Å². The average Bonchev–Trinajstić information content (AvgIpc) is 3.07. The molecule has 0 radical (unpaired) electrons. The number of hydrogen-bond acceptors (Lipinski definition) is 6. The number of hydrazone groups is 1. The number of nitrogens with zero attached hydrogens (tertiary/aromatic N) is 4. The molecule has 0 aromatic carbocycles. The summed E-state index contributed by atoms with van der Waals surface area (Å²) in [6.45, 7) is 2.36. The van der Waals surface area contributed by atoms with Crippen molar-refractivity contribution >= 4 is 17.5 Å². The quantitative estimate of drug-likeness (QED) is 0.838. The molecule has 0 saturated carbocycles. The third-order valence-electron chi connectivity index (χ3n) is 3.51. The summed E-state index contributed by atoms with van der Waals surface area (Å²) in [5, 5.41) is 7.75. The zero-order valence-electron chi connectivity index (χ0n) is 11.1. The van der Waals surface area contributed by atoms with Crippen LogP contribution in [-0.4, -0.2) is 39.1 Å². The molecule has 2 aliphatic rings. The first kappa shape index (κ1) is 12.8. The molecule has 8 nitrogen and oxygen atoms in total. The summed E-state index contributed by atoms with van der Waals surface area (Å²) >= 11 is 0. The zero-order valence-corrected chi connectivity index (χ0v) is 11.1. The van der Waals surface area contributed by atoms with Gasteiger partial charge in [-0.3, -0.25) is 9.59 Å². The van der Waals surface area contributed by atoms with Crippen molar-refractivity contribution in [1.82, 2.24) is 20.5 Å². The molecule has 1 fully saturated rings. The standard InChI is InChI=1S/C12H15N5O3/c1-7-13-11(16-20-7)9-3-2-6-17(9)12(19)8-4-5-10(18)15-14-8/h9H,2-6H2,1H3,(H,15,18). The van der Waals surface area contributed by atoms with Gasteiger partial charge in [-0.15, -0.1) is 0 Å². The van der Waals surface area contributed by atoms with E-state index in [4.69, 9.17) is 4.52 Å². The highest BCUT2D eigenvalue weighted by atomic mass is 16.5. The van der Waals surface area contributed by atoms with E-state index in [1.54, 1.807) is 11.8 Å². The first-order valence-corrected chi connectivity index (χ1v) is 6.62. The van der Waals surface area contributed by atoms with E-state index in [0.29, 0.717) is 36.8 Å². The van der Waals surface area contributed by atoms with Crippen molar-refractivity contribution in [3.05, 3.63) is 11.7 Å². The van der Waals surface area contributed by atoms with Crippen LogP contribution in [-0.2, 0) is 9.59 Å². The van der Waals surface area contributed by atoms with E-state index in [2.05, 4.69) is 20.7 Å². The van der Waals surface area contributed by atoms with Crippen molar-refractivity contribution in [3.8, 4) is 0 Å². The molecule has 2 aliphatic heterocycles. The number of aromatic nitrogens is 2. The Labute approximate surface area is 115 Å². The van der Waals surface area contributed by atoms with Crippen molar-refractivity contribution in [1.29, 1.82) is 0 Å². The van der Waals surface area contributed by atoms with Gasteiger partial charge in [0.15, 0.2) is 5.82 Å². The van der Waals surface area contributed by atoms with E-state index in [-0.39, 0.29) is 17.9 Å². The monoisotopic (exact) mass is 277 g/mol. The minimum atomic E-state index is -0.166. The van der Waals surface area contributed by atoms with Crippen LogP contribution in [0.4, 0.5) is 0 Å². The molecular weight excluding hydrogens is 262 g/mol. The molecule has 0 bridgehead atoms. The second-order valence-corrected chi connectivity index (χ2v) is 4.92. The van der Waals surface area contributed by atoms with Gasteiger partial charge >= 0.3 is 0 Å². The lowest BCUT2D eigenvalue weighted by Crippen LogP contribution is -2.40. The van der Waals surface area contributed by atoms with Crippen molar-refractivity contribution < 1.29 is 14.1 Å². The Bertz CT molecular complexity index is 579. The van der Waals surface area contributed by atoms with Gasteiger partial charge in [0, 0.05) is 26.3 Å². The first-order valence-electron chi connectivity index (χ1n) is 6.62. The normalized spacial score (nSPS) is 22.6. The van der Waals surface area contributed by atoms with Gasteiger partial charge in [0.2, 0.25) is 11.8 Å². The minimum Gasteiger partial charge on any atom is -0.340 e. The number of carbonyl (C=O) groups excluding carboxylic acids is 2. The molecular formula is C12H15N5O3. The summed E-state index contributed by atoms with van der Waals surface area (Å²) in [6.07, 6.45) is 2.37. The van der Waals surface area contributed by atoms with Crippen LogP contribution in [0.25, 0.3) is 0 Å². The predicted molar refractivity (Wildman–Crippen MR) is 67.5 cm³/mol. The van der Waals surface area contributed by atoms with Crippen LogP contribution < -0.4 is 5.43 Å². The van der Waals surface area contributed by atoms with Crippen LogP contribution >= 0.6 is 0 Å². The lowest BCUT2D eigenvalue weighted by atomic mass is 10.1. The molecule has 1 unspecified atom stereocenters. The third kappa shape index (κ3) is 2.28. The van der Waals surface area contributed by atoms with E-state index in [9.17, 15) is 9.59 Å². The Balaban J connectivity index is 1.78. The predicted octanol–water partition coefficient (Wildman–Crippen LogP) is 0.308. The van der Waals surface area contributed by atoms with E-state index in [1.807, 2.05) is 0 Å². The molecule has 0 aliphatic carbocycles. The summed E-state index contributed by atoms with van der Waals surface area (Å²) in [5.74, 6) is 0.707. The number of nitrogens with one attached hydrogen (secondary N) is 1. The number of aryl methyl sites for hydroxylation is 1. The topological polar surface area (TPSA) is 101 Å². The molecule has 3 rings (SSSR count). The highest BCUT2D eigenvalue weighted by molar-refractivity contribution is 6.39. The molecule has 1 atom stereocenters. The SMILES string of the molecule is Cc1nc(C2CCCN2C(=O)C2=NNC(=O)CC2)no1. The van der Waals surface area contributed by atoms with Gasteiger partial charge in [-0.2, -0.15) is 10.1 Å². The Morgan fingerprint density at radius 2 is 2.30 bits per heavy atom. The fourth-order valence-corrected chi connectivity index (χ4v) is 2.52. The largest absolute Gasteiger partial charge is 0.340 e. The highest BCUT2D eigenvalue weighted by Crippen LogP contribution is 2.30. The van der Waals surface area contributed by atoms with Crippen molar-refractivity contribution in [2.45, 2.75) is 38.6 Å². The molecule has 20 heavy (non-hydrogen) atoms. The lowest BCUT2D eigenvalue weighted by Gasteiger charge is -2.23. The van der Waals surface area contributed by atoms with Crippen molar-refractivity contribution in [2.24, 2.45) is 5.10 Å². The molecule has 1 N–H and O–H groups in total. The van der Waals surface area contributed by atoms with Gasteiger partial charge in [0.05, 0.1) is 6.04 Å². The van der Waals surface area contributed by atoms with E-state index >= 15 is 0 Å². The number of carbonyl (C=O) groups is 2. The second kappa shape index (κ2) is 5.03. The van der Waals surface area contributed by atoms with E-state index in [0.717, 1.165) is 12.8 Å². The number of rotatable bonds is 2. The zero-order chi connectivity index (χ0) is 14.1. The van der Waals surface area contributed by atoms with E-state index < -0.39 is 0 Å². The number of amides is 2. The van der Waals surface area contributed by atoms with E-state index in [1.165, 1.54) is 0 Å². The molecule has 1 saturated heterocycles. The molecule has 1 aromatic rings. The van der Waals surface area contributed by atoms with Crippen LogP contribution in [0.2, 0.25) is 0 Å². The Morgan fingerprint density at radius 3 is 2.95 bits per heavy atom. The number of hydrogen-bond donors (Lipinski definition) is 1. The Hall–Kier alpha value is -2.25. The molecule has 2 amide bonds. The molecule has 0 spiro atoms. The van der Waals surface area contributed by atoms with Gasteiger partial charge in [-0.1, -0.05) is 5.16 Å². The average molecular weight is 277 g/mol. The van der Waals surface area contributed by atoms with Crippen molar-refractivity contribution in [2.75, 3.05) is 6.54 Å². The van der Waals surface area contributed by atoms with Crippen LogP contribution in [0.1, 0.15) is 43.4 Å². The highest BCUT2D eigenvalue weighted by Gasteiger charge is 2.35. The maximum atomic E-state index is 12.5. The molecule has 8 heteroatoms. The van der Waals surface area contributed by atoms with Crippen molar-refractivity contribution in [3.63, 3.8) is 0 Å². The molecule has 3 heterocycles. The Morgan fingerprint density at radius 1 is 1.45 bits per heavy atom. The first-order chi connectivity index (χ1) is 9.65. The van der Waals surface area contributed by atoms with Crippen LogP contribution in [0.3, 0.4) is 0 Å². The fourth-order valence-electron chi connectivity index (χ4n) is 2.52. The van der Waals surface area contributed by atoms with Gasteiger partial charge in [0.25, 0.3) is 5.91 Å². The summed E-state index contributed by atoms with van der Waals surface area (Å²) in [5.41, 5.74) is 2.73. The van der Waals surface area contributed by atoms with Crippen LogP contribution in [0, 0.1) is 6.92 Å².